The Balaban J connectivity index is 1.79. The molecule has 0 amide bonds. The summed E-state index contributed by atoms with van der Waals surface area (Å²) in [5.74, 6) is 0. The molecule has 0 unspecified atom stereocenters. The zero-order valence-electron chi connectivity index (χ0n) is 13.8. The maximum atomic E-state index is 9.18. The normalized spacial score (nSPS) is 16.9. The third kappa shape index (κ3) is 3.31. The van der Waals surface area contributed by atoms with E-state index in [1.165, 1.54) is 5.56 Å². The minimum absolute atomic E-state index is 0.405. The van der Waals surface area contributed by atoms with Gasteiger partial charge in [-0.05, 0) is 31.0 Å². The van der Waals surface area contributed by atoms with Crippen LogP contribution in [0.3, 0.4) is 0 Å². The van der Waals surface area contributed by atoms with Gasteiger partial charge < -0.3 is 9.30 Å². The summed E-state index contributed by atoms with van der Waals surface area (Å²) in [6, 6.07) is 13.3. The Bertz CT molecular complexity index is 690. The molecule has 1 aliphatic heterocycles. The van der Waals surface area contributed by atoms with Gasteiger partial charge in [0, 0.05) is 37.4 Å². The first-order chi connectivity index (χ1) is 11.2. The molecule has 23 heavy (non-hydrogen) atoms. The number of rotatable bonds is 4. The molecule has 4 heteroatoms. The Labute approximate surface area is 137 Å². The summed E-state index contributed by atoms with van der Waals surface area (Å²) >= 11 is 0. The Kier molecular flexibility index (Phi) is 4.80. The van der Waals surface area contributed by atoms with Crippen LogP contribution >= 0.6 is 0 Å². The molecule has 120 valence electrons. The number of morpholine rings is 1. The molecule has 4 nitrogen and oxygen atoms in total. The molecule has 0 bridgehead atoms. The summed E-state index contributed by atoms with van der Waals surface area (Å²) in [6.07, 6.45) is 2.05. The molecule has 1 atom stereocenters. The summed E-state index contributed by atoms with van der Waals surface area (Å²) in [5.41, 5.74) is 4.31. The van der Waals surface area contributed by atoms with Crippen molar-refractivity contribution in [2.75, 3.05) is 26.3 Å². The van der Waals surface area contributed by atoms with Crippen LogP contribution in [0.2, 0.25) is 0 Å². The van der Waals surface area contributed by atoms with E-state index in [1.54, 1.807) is 0 Å². The predicted octanol–water partition coefficient (Wildman–Crippen LogP) is 3.44. The third-order valence-electron chi connectivity index (χ3n) is 4.67. The second-order valence-electron chi connectivity index (χ2n) is 5.96. The van der Waals surface area contributed by atoms with E-state index in [0.717, 1.165) is 44.0 Å². The van der Waals surface area contributed by atoms with Gasteiger partial charge in [-0.3, -0.25) is 4.90 Å². The summed E-state index contributed by atoms with van der Waals surface area (Å²) < 4.78 is 7.41. The lowest BCUT2D eigenvalue weighted by atomic mass is 10.0. The highest BCUT2D eigenvalue weighted by atomic mass is 16.5. The Hall–Kier alpha value is -2.09. The highest BCUT2D eigenvalue weighted by Gasteiger charge is 2.18. The van der Waals surface area contributed by atoms with E-state index in [0.29, 0.717) is 11.7 Å². The van der Waals surface area contributed by atoms with Gasteiger partial charge in [0.25, 0.3) is 0 Å². The minimum Gasteiger partial charge on any atom is -0.379 e. The fourth-order valence-corrected chi connectivity index (χ4v) is 3.15. The van der Waals surface area contributed by atoms with E-state index < -0.39 is 0 Å². The number of hydrogen-bond donors (Lipinski definition) is 0. The quantitative estimate of drug-likeness (QED) is 0.868. The topological polar surface area (TPSA) is 41.2 Å². The van der Waals surface area contributed by atoms with Crippen molar-refractivity contribution >= 4 is 0 Å². The SMILES string of the molecule is CCn1cc(-c2ccc([C@H](C)N3CCOCC3)cc2)cc1C#N. The van der Waals surface area contributed by atoms with Crippen LogP contribution in [0.1, 0.15) is 31.1 Å². The Morgan fingerprint density at radius 2 is 1.87 bits per heavy atom. The van der Waals surface area contributed by atoms with Crippen LogP contribution in [-0.4, -0.2) is 35.8 Å². The van der Waals surface area contributed by atoms with Gasteiger partial charge in [0.1, 0.15) is 11.8 Å². The van der Waals surface area contributed by atoms with Gasteiger partial charge in [0.05, 0.1) is 13.2 Å². The van der Waals surface area contributed by atoms with Gasteiger partial charge in [0.15, 0.2) is 0 Å². The van der Waals surface area contributed by atoms with Crippen molar-refractivity contribution in [1.82, 2.24) is 9.47 Å². The number of nitriles is 1. The van der Waals surface area contributed by atoms with E-state index >= 15 is 0 Å². The highest BCUT2D eigenvalue weighted by Crippen LogP contribution is 2.26. The number of nitrogens with zero attached hydrogens (tertiary/aromatic N) is 3. The maximum absolute atomic E-state index is 9.18. The second-order valence-corrected chi connectivity index (χ2v) is 5.96. The van der Waals surface area contributed by atoms with Crippen LogP contribution in [0, 0.1) is 11.3 Å². The summed E-state index contributed by atoms with van der Waals surface area (Å²) in [7, 11) is 0. The molecule has 1 aromatic heterocycles. The number of aryl methyl sites for hydroxylation is 1. The van der Waals surface area contributed by atoms with E-state index in [2.05, 4.69) is 55.3 Å². The summed E-state index contributed by atoms with van der Waals surface area (Å²) in [6.45, 7) is 8.75. The average molecular weight is 309 g/mol. The summed E-state index contributed by atoms with van der Waals surface area (Å²) in [4.78, 5) is 2.46. The first-order valence-corrected chi connectivity index (χ1v) is 8.25. The molecule has 2 heterocycles. The molecule has 0 spiro atoms. The zero-order valence-corrected chi connectivity index (χ0v) is 13.8. The molecule has 1 aromatic carbocycles. The van der Waals surface area contributed by atoms with Gasteiger partial charge in [-0.15, -0.1) is 0 Å². The van der Waals surface area contributed by atoms with E-state index in [4.69, 9.17) is 4.74 Å². The maximum Gasteiger partial charge on any atom is 0.120 e. The number of benzene rings is 1. The molecular weight excluding hydrogens is 286 g/mol. The number of hydrogen-bond acceptors (Lipinski definition) is 3. The molecule has 2 aromatic rings. The number of ether oxygens (including phenoxy) is 1. The number of aromatic nitrogens is 1. The highest BCUT2D eigenvalue weighted by molar-refractivity contribution is 5.65. The van der Waals surface area contributed by atoms with Crippen molar-refractivity contribution in [3.8, 4) is 17.2 Å². The van der Waals surface area contributed by atoms with Crippen molar-refractivity contribution in [3.63, 3.8) is 0 Å². The van der Waals surface area contributed by atoms with Gasteiger partial charge in [-0.2, -0.15) is 5.26 Å². The standard InChI is InChI=1S/C19H23N3O/c1-3-21-14-18(12-19(21)13-20)17-6-4-16(5-7-17)15(2)22-8-10-23-11-9-22/h4-7,12,14-15H,3,8-11H2,1-2H3/t15-/m0/s1. The van der Waals surface area contributed by atoms with Crippen LogP contribution in [0.15, 0.2) is 36.5 Å². The fourth-order valence-electron chi connectivity index (χ4n) is 3.15. The van der Waals surface area contributed by atoms with Crippen LogP contribution < -0.4 is 0 Å². The average Bonchev–Trinajstić information content (AvgIpc) is 3.05. The lowest BCUT2D eigenvalue weighted by Gasteiger charge is -2.32. The smallest absolute Gasteiger partial charge is 0.120 e. The van der Waals surface area contributed by atoms with Crippen molar-refractivity contribution in [2.45, 2.75) is 26.4 Å². The molecule has 0 aliphatic carbocycles. The van der Waals surface area contributed by atoms with Gasteiger partial charge in [-0.1, -0.05) is 24.3 Å². The van der Waals surface area contributed by atoms with Gasteiger partial charge in [0.2, 0.25) is 0 Å². The minimum atomic E-state index is 0.405. The summed E-state index contributed by atoms with van der Waals surface area (Å²) in [5, 5.41) is 9.18. The lowest BCUT2D eigenvalue weighted by molar-refractivity contribution is 0.0198. The van der Waals surface area contributed by atoms with E-state index in [1.807, 2.05) is 10.6 Å². The van der Waals surface area contributed by atoms with Gasteiger partial charge >= 0.3 is 0 Å². The largest absolute Gasteiger partial charge is 0.379 e. The van der Waals surface area contributed by atoms with Crippen LogP contribution in [0.4, 0.5) is 0 Å². The van der Waals surface area contributed by atoms with Crippen LogP contribution in [-0.2, 0) is 11.3 Å². The molecule has 0 saturated carbocycles. The van der Waals surface area contributed by atoms with Crippen LogP contribution in [0.5, 0.6) is 0 Å². The predicted molar refractivity (Wildman–Crippen MR) is 91.1 cm³/mol. The molecular formula is C19H23N3O. The first kappa shape index (κ1) is 15.8. The Morgan fingerprint density at radius 3 is 2.43 bits per heavy atom. The van der Waals surface area contributed by atoms with Crippen molar-refractivity contribution in [1.29, 1.82) is 5.26 Å². The molecule has 1 fully saturated rings. The molecule has 0 radical (unpaired) electrons. The zero-order chi connectivity index (χ0) is 16.2. The molecule has 0 N–H and O–H groups in total. The van der Waals surface area contributed by atoms with Crippen LogP contribution in [0.25, 0.3) is 11.1 Å². The lowest BCUT2D eigenvalue weighted by Crippen LogP contribution is -2.37. The van der Waals surface area contributed by atoms with Crippen molar-refractivity contribution < 1.29 is 4.74 Å². The van der Waals surface area contributed by atoms with E-state index in [-0.39, 0.29) is 0 Å². The van der Waals surface area contributed by atoms with E-state index in [9.17, 15) is 5.26 Å². The second kappa shape index (κ2) is 6.99. The third-order valence-corrected chi connectivity index (χ3v) is 4.67. The molecule has 3 rings (SSSR count). The van der Waals surface area contributed by atoms with Crippen molar-refractivity contribution in [3.05, 3.63) is 47.8 Å². The fraction of sp³-hybridized carbons (Fsp3) is 0.421. The van der Waals surface area contributed by atoms with Gasteiger partial charge in [-0.25, -0.2) is 0 Å². The van der Waals surface area contributed by atoms with Crippen molar-refractivity contribution in [2.24, 2.45) is 0 Å². The monoisotopic (exact) mass is 309 g/mol. The molecule has 1 aliphatic rings. The first-order valence-electron chi connectivity index (χ1n) is 8.25. The molecule has 1 saturated heterocycles. The Morgan fingerprint density at radius 1 is 1.17 bits per heavy atom.